The molecule has 2 aromatic rings. The summed E-state index contributed by atoms with van der Waals surface area (Å²) in [6, 6.07) is 10.7. The molecule has 0 aliphatic heterocycles. The number of nitrogens with zero attached hydrogens (tertiary/aromatic N) is 1. The molecule has 1 aromatic carbocycles. The number of pyridine rings is 1. The Kier molecular flexibility index (Phi) is 3.55. The van der Waals surface area contributed by atoms with Crippen LogP contribution >= 0.6 is 0 Å². The summed E-state index contributed by atoms with van der Waals surface area (Å²) in [5.41, 5.74) is 9.51. The van der Waals surface area contributed by atoms with E-state index >= 15 is 0 Å². The second kappa shape index (κ2) is 5.35. The summed E-state index contributed by atoms with van der Waals surface area (Å²) in [6.07, 6.45) is 4.08. The van der Waals surface area contributed by atoms with Crippen LogP contribution < -0.4 is 11.3 Å². The minimum absolute atomic E-state index is 0.132. The number of aromatic nitrogens is 1. The quantitative estimate of drug-likeness (QED) is 0.664. The van der Waals surface area contributed by atoms with Crippen LogP contribution in [0.15, 0.2) is 36.5 Å². The third-order valence-electron chi connectivity index (χ3n) is 4.44. The van der Waals surface area contributed by atoms with Crippen LogP contribution in [-0.4, -0.2) is 4.98 Å². The van der Waals surface area contributed by atoms with Crippen molar-refractivity contribution in [3.8, 4) is 0 Å². The molecule has 3 heteroatoms. The van der Waals surface area contributed by atoms with Crippen LogP contribution in [0.5, 0.6) is 0 Å². The number of hydrogen-bond acceptors (Lipinski definition) is 3. The number of fused-ring (bicyclic) bond motifs is 1. The van der Waals surface area contributed by atoms with Crippen molar-refractivity contribution in [2.75, 3.05) is 0 Å². The van der Waals surface area contributed by atoms with Crippen LogP contribution in [0.4, 0.5) is 0 Å². The van der Waals surface area contributed by atoms with Gasteiger partial charge in [0.2, 0.25) is 0 Å². The Hall–Kier alpha value is -1.71. The fraction of sp³-hybridized carbons (Fsp3) is 0.353. The first-order valence-electron chi connectivity index (χ1n) is 7.18. The molecule has 3 N–H and O–H groups in total. The number of rotatable bonds is 3. The highest BCUT2D eigenvalue weighted by molar-refractivity contribution is 5.40. The third kappa shape index (κ3) is 2.13. The predicted molar refractivity (Wildman–Crippen MR) is 81.3 cm³/mol. The van der Waals surface area contributed by atoms with Gasteiger partial charge in [0, 0.05) is 17.8 Å². The number of hydrogen-bond donors (Lipinski definition) is 2. The fourth-order valence-corrected chi connectivity index (χ4v) is 3.49. The largest absolute Gasteiger partial charge is 0.271 e. The Labute approximate surface area is 120 Å². The zero-order valence-electron chi connectivity index (χ0n) is 12.1. The fourth-order valence-electron chi connectivity index (χ4n) is 3.49. The van der Waals surface area contributed by atoms with E-state index in [0.29, 0.717) is 5.92 Å². The molecule has 20 heavy (non-hydrogen) atoms. The lowest BCUT2D eigenvalue weighted by Crippen LogP contribution is -2.33. The molecule has 2 unspecified atom stereocenters. The first-order chi connectivity index (χ1) is 9.72. The van der Waals surface area contributed by atoms with Gasteiger partial charge in [-0.2, -0.15) is 0 Å². The van der Waals surface area contributed by atoms with E-state index in [1.807, 2.05) is 12.3 Å². The van der Waals surface area contributed by atoms with E-state index < -0.39 is 0 Å². The summed E-state index contributed by atoms with van der Waals surface area (Å²) in [7, 11) is 0. The number of nitrogens with one attached hydrogen (secondary N) is 1. The molecule has 0 saturated carbocycles. The van der Waals surface area contributed by atoms with Crippen LogP contribution in [0.1, 0.15) is 46.3 Å². The van der Waals surface area contributed by atoms with Crippen LogP contribution in [0.2, 0.25) is 0 Å². The zero-order chi connectivity index (χ0) is 14.1. The molecule has 0 bridgehead atoms. The molecule has 2 atom stereocenters. The van der Waals surface area contributed by atoms with Gasteiger partial charge in [-0.3, -0.25) is 16.3 Å². The topological polar surface area (TPSA) is 50.9 Å². The van der Waals surface area contributed by atoms with Gasteiger partial charge in [-0.05, 0) is 55.0 Å². The molecule has 0 radical (unpaired) electrons. The highest BCUT2D eigenvalue weighted by atomic mass is 15.2. The normalized spacial score (nSPS) is 18.9. The molecule has 1 aromatic heterocycles. The molecule has 3 rings (SSSR count). The molecule has 104 valence electrons. The lowest BCUT2D eigenvalue weighted by molar-refractivity contribution is 0.443. The summed E-state index contributed by atoms with van der Waals surface area (Å²) >= 11 is 0. The summed E-state index contributed by atoms with van der Waals surface area (Å²) in [6.45, 7) is 4.31. The minimum atomic E-state index is 0.132. The molecule has 3 nitrogen and oxygen atoms in total. The van der Waals surface area contributed by atoms with Crippen molar-refractivity contribution in [1.82, 2.24) is 10.4 Å². The maximum absolute atomic E-state index is 5.90. The van der Waals surface area contributed by atoms with E-state index in [1.165, 1.54) is 27.9 Å². The van der Waals surface area contributed by atoms with Gasteiger partial charge in [0.15, 0.2) is 0 Å². The molecule has 1 aliphatic rings. The average molecular weight is 267 g/mol. The maximum atomic E-state index is 5.90. The van der Waals surface area contributed by atoms with E-state index in [9.17, 15) is 0 Å². The SMILES string of the molecule is Cc1cccc(C)c1C(NN)C1CCc2cccnc21. The Bertz CT molecular complexity index is 601. The van der Waals surface area contributed by atoms with Crippen LogP contribution in [-0.2, 0) is 6.42 Å². The molecule has 0 spiro atoms. The number of aryl methyl sites for hydroxylation is 3. The van der Waals surface area contributed by atoms with Gasteiger partial charge in [0.05, 0.1) is 6.04 Å². The van der Waals surface area contributed by atoms with Gasteiger partial charge in [-0.25, -0.2) is 0 Å². The monoisotopic (exact) mass is 267 g/mol. The minimum Gasteiger partial charge on any atom is -0.271 e. The van der Waals surface area contributed by atoms with Gasteiger partial charge >= 0.3 is 0 Å². The Morgan fingerprint density at radius 1 is 1.20 bits per heavy atom. The van der Waals surface area contributed by atoms with E-state index in [2.05, 4.69) is 48.5 Å². The van der Waals surface area contributed by atoms with E-state index in [1.54, 1.807) is 0 Å². The second-order valence-corrected chi connectivity index (χ2v) is 5.64. The highest BCUT2D eigenvalue weighted by Gasteiger charge is 2.32. The number of benzene rings is 1. The lowest BCUT2D eigenvalue weighted by Gasteiger charge is -2.26. The van der Waals surface area contributed by atoms with Crippen molar-refractivity contribution >= 4 is 0 Å². The van der Waals surface area contributed by atoms with Gasteiger partial charge in [0.1, 0.15) is 0 Å². The molecule has 1 heterocycles. The van der Waals surface area contributed by atoms with Crippen molar-refractivity contribution in [2.24, 2.45) is 5.84 Å². The molecule has 0 amide bonds. The molecule has 0 fully saturated rings. The molecule has 0 saturated heterocycles. The maximum Gasteiger partial charge on any atom is 0.0549 e. The molecular weight excluding hydrogens is 246 g/mol. The standard InChI is InChI=1S/C17H21N3/c1-11-5-3-6-12(2)15(11)17(20-18)14-9-8-13-7-4-10-19-16(13)14/h3-7,10,14,17,20H,8-9,18H2,1-2H3. The highest BCUT2D eigenvalue weighted by Crippen LogP contribution is 2.41. The van der Waals surface area contributed by atoms with Crippen molar-refractivity contribution in [3.63, 3.8) is 0 Å². The van der Waals surface area contributed by atoms with Gasteiger partial charge in [-0.15, -0.1) is 0 Å². The Morgan fingerprint density at radius 2 is 1.95 bits per heavy atom. The molecule has 1 aliphatic carbocycles. The van der Waals surface area contributed by atoms with Crippen molar-refractivity contribution in [2.45, 2.75) is 38.6 Å². The predicted octanol–water partition coefficient (Wildman–Crippen LogP) is 2.93. The Balaban J connectivity index is 2.04. The van der Waals surface area contributed by atoms with E-state index in [0.717, 1.165) is 12.8 Å². The summed E-state index contributed by atoms with van der Waals surface area (Å²) in [5, 5.41) is 0. The molecular formula is C17H21N3. The zero-order valence-corrected chi connectivity index (χ0v) is 12.1. The van der Waals surface area contributed by atoms with Gasteiger partial charge in [0.25, 0.3) is 0 Å². The number of nitrogens with two attached hydrogens (primary N) is 1. The third-order valence-corrected chi connectivity index (χ3v) is 4.44. The number of hydrazine groups is 1. The van der Waals surface area contributed by atoms with Crippen LogP contribution in [0.25, 0.3) is 0 Å². The first kappa shape index (κ1) is 13.3. The summed E-state index contributed by atoms with van der Waals surface area (Å²) in [5.74, 6) is 6.26. The Morgan fingerprint density at radius 3 is 2.65 bits per heavy atom. The van der Waals surface area contributed by atoms with Crippen molar-refractivity contribution in [3.05, 3.63) is 64.5 Å². The smallest absolute Gasteiger partial charge is 0.0549 e. The van der Waals surface area contributed by atoms with Crippen molar-refractivity contribution in [1.29, 1.82) is 0 Å². The van der Waals surface area contributed by atoms with Crippen LogP contribution in [0, 0.1) is 13.8 Å². The first-order valence-corrected chi connectivity index (χ1v) is 7.18. The van der Waals surface area contributed by atoms with E-state index in [4.69, 9.17) is 5.84 Å². The summed E-state index contributed by atoms with van der Waals surface area (Å²) < 4.78 is 0. The van der Waals surface area contributed by atoms with E-state index in [-0.39, 0.29) is 6.04 Å². The lowest BCUT2D eigenvalue weighted by atomic mass is 9.86. The van der Waals surface area contributed by atoms with Gasteiger partial charge < -0.3 is 0 Å². The summed E-state index contributed by atoms with van der Waals surface area (Å²) in [4.78, 5) is 4.60. The van der Waals surface area contributed by atoms with Gasteiger partial charge in [-0.1, -0.05) is 24.3 Å². The van der Waals surface area contributed by atoms with Crippen molar-refractivity contribution < 1.29 is 0 Å². The second-order valence-electron chi connectivity index (χ2n) is 5.64. The average Bonchev–Trinajstić information content (AvgIpc) is 2.87. The van der Waals surface area contributed by atoms with Crippen LogP contribution in [0.3, 0.4) is 0 Å².